The topological polar surface area (TPSA) is 70.2 Å². The summed E-state index contributed by atoms with van der Waals surface area (Å²) < 4.78 is 24.7. The Labute approximate surface area is 148 Å². The van der Waals surface area contributed by atoms with Crippen molar-refractivity contribution in [1.29, 1.82) is 0 Å². The Morgan fingerprint density at radius 2 is 1.64 bits per heavy atom. The van der Waals surface area contributed by atoms with Crippen molar-refractivity contribution < 1.29 is 18.4 Å². The van der Waals surface area contributed by atoms with Crippen LogP contribution in [0.25, 0.3) is 0 Å². The van der Waals surface area contributed by atoms with Gasteiger partial charge in [0.2, 0.25) is 0 Å². The molecule has 3 amide bonds. The third-order valence-electron chi connectivity index (χ3n) is 3.25. The minimum absolute atomic E-state index is 0.423. The van der Waals surface area contributed by atoms with Crippen LogP contribution in [0.3, 0.4) is 0 Å². The van der Waals surface area contributed by atoms with E-state index in [9.17, 15) is 18.4 Å². The van der Waals surface area contributed by atoms with Gasteiger partial charge in [0.05, 0.1) is 0 Å². The molecule has 3 N–H and O–H groups in total. The summed E-state index contributed by atoms with van der Waals surface area (Å²) in [6.07, 6.45) is 0. The van der Waals surface area contributed by atoms with Gasteiger partial charge in [0.1, 0.15) is 6.04 Å². The minimum Gasteiger partial charge on any atom is -0.370 e. The zero-order chi connectivity index (χ0) is 18.2. The van der Waals surface area contributed by atoms with Crippen LogP contribution >= 0.6 is 11.8 Å². The van der Waals surface area contributed by atoms with Crippen LogP contribution in [0.4, 0.5) is 19.3 Å². The average Bonchev–Trinajstić information content (AvgIpc) is 2.61. The number of urea groups is 1. The van der Waals surface area contributed by atoms with Crippen molar-refractivity contribution in [3.05, 3.63) is 60.2 Å². The van der Waals surface area contributed by atoms with Gasteiger partial charge in [-0.15, -0.1) is 0 Å². The largest absolute Gasteiger partial charge is 0.370 e. The molecule has 0 saturated carbocycles. The van der Waals surface area contributed by atoms with Gasteiger partial charge in [0, 0.05) is 17.6 Å². The van der Waals surface area contributed by atoms with Crippen LogP contribution in [-0.4, -0.2) is 24.7 Å². The highest BCUT2D eigenvalue weighted by Crippen LogP contribution is 2.27. The molecule has 0 fully saturated rings. The van der Waals surface area contributed by atoms with Crippen LogP contribution in [0.15, 0.2) is 59.5 Å². The molecule has 0 aliphatic carbocycles. The summed E-state index contributed by atoms with van der Waals surface area (Å²) in [7, 11) is 1.41. The third-order valence-corrected chi connectivity index (χ3v) is 3.97. The highest BCUT2D eigenvalue weighted by atomic mass is 32.2. The fourth-order valence-corrected chi connectivity index (χ4v) is 2.59. The van der Waals surface area contributed by atoms with E-state index in [4.69, 9.17) is 0 Å². The van der Waals surface area contributed by atoms with Gasteiger partial charge in [-0.25, -0.2) is 4.79 Å². The molecule has 0 aliphatic heterocycles. The summed E-state index contributed by atoms with van der Waals surface area (Å²) in [5.74, 6) is -3.02. The number of imide groups is 1. The number of carbonyl (C=O) groups is 2. The monoisotopic (exact) mass is 365 g/mol. The van der Waals surface area contributed by atoms with Crippen molar-refractivity contribution in [2.45, 2.75) is 16.7 Å². The van der Waals surface area contributed by atoms with E-state index in [-0.39, 0.29) is 0 Å². The van der Waals surface area contributed by atoms with Crippen molar-refractivity contribution in [2.75, 3.05) is 12.4 Å². The van der Waals surface area contributed by atoms with Gasteiger partial charge >= 0.3 is 6.03 Å². The molecule has 0 saturated heterocycles. The lowest BCUT2D eigenvalue weighted by atomic mass is 10.1. The molecule has 0 radical (unpaired) electrons. The standard InChI is InChI=1S/C17H17F2N3O2S/c1-20-17(24)22-15(23)14(11-5-3-2-4-6-11)21-12-7-9-13(10-8-12)25-16(18)19/h2-10,14,16,21H,1H3,(H2,20,22,23,24)/t14-/m1/s1. The molecule has 132 valence electrons. The van der Waals surface area contributed by atoms with Gasteiger partial charge in [-0.2, -0.15) is 8.78 Å². The van der Waals surface area contributed by atoms with Crippen molar-refractivity contribution in [2.24, 2.45) is 0 Å². The van der Waals surface area contributed by atoms with Crippen LogP contribution in [-0.2, 0) is 4.79 Å². The maximum atomic E-state index is 12.4. The van der Waals surface area contributed by atoms with E-state index >= 15 is 0 Å². The predicted octanol–water partition coefficient (Wildman–Crippen LogP) is 3.61. The first-order valence-electron chi connectivity index (χ1n) is 7.38. The maximum absolute atomic E-state index is 12.4. The maximum Gasteiger partial charge on any atom is 0.321 e. The Hall–Kier alpha value is -2.61. The second-order valence-corrected chi connectivity index (χ2v) is 6.02. The van der Waals surface area contributed by atoms with Gasteiger partial charge in [-0.05, 0) is 29.8 Å². The number of hydrogen-bond acceptors (Lipinski definition) is 4. The Morgan fingerprint density at radius 1 is 1.00 bits per heavy atom. The van der Waals surface area contributed by atoms with Crippen LogP contribution in [0, 0.1) is 0 Å². The third kappa shape index (κ3) is 5.75. The molecule has 5 nitrogen and oxygen atoms in total. The van der Waals surface area contributed by atoms with E-state index in [1.54, 1.807) is 36.4 Å². The van der Waals surface area contributed by atoms with E-state index in [0.29, 0.717) is 27.9 Å². The van der Waals surface area contributed by atoms with Crippen molar-refractivity contribution >= 4 is 29.4 Å². The Morgan fingerprint density at radius 3 is 2.20 bits per heavy atom. The molecule has 0 aromatic heterocycles. The molecule has 0 aliphatic rings. The van der Waals surface area contributed by atoms with Gasteiger partial charge in [0.25, 0.3) is 11.7 Å². The van der Waals surface area contributed by atoms with Gasteiger partial charge in [-0.1, -0.05) is 42.1 Å². The Kier molecular flexibility index (Phi) is 6.76. The molecule has 2 rings (SSSR count). The molecular weight excluding hydrogens is 348 g/mol. The number of rotatable bonds is 6. The molecule has 8 heteroatoms. The molecule has 25 heavy (non-hydrogen) atoms. The van der Waals surface area contributed by atoms with E-state index < -0.39 is 23.7 Å². The van der Waals surface area contributed by atoms with E-state index in [1.807, 2.05) is 6.07 Å². The van der Waals surface area contributed by atoms with Gasteiger partial charge < -0.3 is 10.6 Å². The van der Waals surface area contributed by atoms with Crippen LogP contribution < -0.4 is 16.0 Å². The summed E-state index contributed by atoms with van der Waals surface area (Å²) in [5, 5.41) is 7.57. The number of benzene rings is 2. The van der Waals surface area contributed by atoms with Gasteiger partial charge in [-0.3, -0.25) is 10.1 Å². The first-order chi connectivity index (χ1) is 12.0. The lowest BCUT2D eigenvalue weighted by Gasteiger charge is -2.19. The van der Waals surface area contributed by atoms with Crippen molar-refractivity contribution in [3.8, 4) is 0 Å². The molecule has 2 aromatic carbocycles. The number of carbonyl (C=O) groups excluding carboxylic acids is 2. The number of thioether (sulfide) groups is 1. The fourth-order valence-electron chi connectivity index (χ4n) is 2.09. The summed E-state index contributed by atoms with van der Waals surface area (Å²) in [4.78, 5) is 24.2. The minimum atomic E-state index is -2.49. The van der Waals surface area contributed by atoms with E-state index in [1.165, 1.54) is 19.2 Å². The zero-order valence-corrected chi connectivity index (χ0v) is 14.1. The Bertz CT molecular complexity index is 712. The normalized spacial score (nSPS) is 11.7. The quantitative estimate of drug-likeness (QED) is 0.684. The molecule has 0 spiro atoms. The van der Waals surface area contributed by atoms with E-state index in [0.717, 1.165) is 0 Å². The molecule has 0 heterocycles. The molecule has 2 aromatic rings. The average molecular weight is 365 g/mol. The number of anilines is 1. The number of hydrogen-bond donors (Lipinski definition) is 3. The number of halogens is 2. The molecule has 0 unspecified atom stereocenters. The van der Waals surface area contributed by atoms with E-state index in [2.05, 4.69) is 16.0 Å². The first kappa shape index (κ1) is 18.7. The molecule has 1 atom stereocenters. The van der Waals surface area contributed by atoms with Crippen LogP contribution in [0.5, 0.6) is 0 Å². The molecular formula is C17H17F2N3O2S. The Balaban J connectivity index is 2.18. The number of amides is 3. The lowest BCUT2D eigenvalue weighted by Crippen LogP contribution is -2.42. The second-order valence-electron chi connectivity index (χ2n) is 4.96. The highest BCUT2D eigenvalue weighted by Gasteiger charge is 2.22. The van der Waals surface area contributed by atoms with Gasteiger partial charge in [0.15, 0.2) is 0 Å². The predicted molar refractivity (Wildman–Crippen MR) is 93.7 cm³/mol. The number of nitrogens with one attached hydrogen (secondary N) is 3. The smallest absolute Gasteiger partial charge is 0.321 e. The van der Waals surface area contributed by atoms with Crippen LogP contribution in [0.2, 0.25) is 0 Å². The number of alkyl halides is 2. The summed E-state index contributed by atoms with van der Waals surface area (Å²) in [6, 6.07) is 13.7. The van der Waals surface area contributed by atoms with Crippen LogP contribution in [0.1, 0.15) is 11.6 Å². The second kappa shape index (κ2) is 9.03. The fraction of sp³-hybridized carbons (Fsp3) is 0.176. The SMILES string of the molecule is CNC(=O)NC(=O)[C@H](Nc1ccc(SC(F)F)cc1)c1ccccc1. The summed E-state index contributed by atoms with van der Waals surface area (Å²) >= 11 is 0.447. The summed E-state index contributed by atoms with van der Waals surface area (Å²) in [6.45, 7) is 0. The first-order valence-corrected chi connectivity index (χ1v) is 8.26. The summed E-state index contributed by atoms with van der Waals surface area (Å²) in [5.41, 5.74) is 1.23. The van der Waals surface area contributed by atoms with Crippen molar-refractivity contribution in [1.82, 2.24) is 10.6 Å². The molecule has 0 bridgehead atoms. The lowest BCUT2D eigenvalue weighted by molar-refractivity contribution is -0.120. The highest BCUT2D eigenvalue weighted by molar-refractivity contribution is 7.99. The zero-order valence-electron chi connectivity index (χ0n) is 13.3. The van der Waals surface area contributed by atoms with Crippen molar-refractivity contribution in [3.63, 3.8) is 0 Å².